The van der Waals surface area contributed by atoms with Gasteiger partial charge < -0.3 is 14.2 Å². The summed E-state index contributed by atoms with van der Waals surface area (Å²) in [6, 6.07) is 10.2. The van der Waals surface area contributed by atoms with Gasteiger partial charge in [-0.25, -0.2) is 0 Å². The van der Waals surface area contributed by atoms with E-state index in [9.17, 15) is 4.91 Å². The second-order valence-electron chi connectivity index (χ2n) is 6.28. The van der Waals surface area contributed by atoms with Crippen molar-refractivity contribution in [3.05, 3.63) is 67.5 Å². The highest BCUT2D eigenvalue weighted by Gasteiger charge is 2.11. The van der Waals surface area contributed by atoms with Crippen LogP contribution in [0.15, 0.2) is 52.1 Å². The Morgan fingerprint density at radius 2 is 1.57 bits per heavy atom. The summed E-state index contributed by atoms with van der Waals surface area (Å²) in [4.78, 5) is 10.6. The van der Waals surface area contributed by atoms with E-state index in [0.717, 1.165) is 24.2 Å². The molecule has 0 N–H and O–H groups in total. The monoisotopic (exact) mass is 491 g/mol. The van der Waals surface area contributed by atoms with Crippen molar-refractivity contribution >= 4 is 46.4 Å². The molecular formula is C21H21Cl4NO4. The lowest BCUT2D eigenvalue weighted by Crippen LogP contribution is -2.03. The van der Waals surface area contributed by atoms with Gasteiger partial charge in [-0.2, -0.15) is 4.91 Å². The third-order valence-corrected chi connectivity index (χ3v) is 4.90. The minimum absolute atomic E-state index is 0.123. The fourth-order valence-electron chi connectivity index (χ4n) is 2.43. The van der Waals surface area contributed by atoms with Crippen LogP contribution in [-0.4, -0.2) is 19.8 Å². The number of unbranched alkanes of at least 4 members (excludes halogenated alkanes) is 1. The SMILES string of the molecule is CC(N=O)c1ccc(OCCCCOc2c(Cl)cc(OCC=C(Cl)Cl)cc2Cl)cc1. The average molecular weight is 493 g/mol. The number of benzene rings is 2. The molecule has 2 aromatic rings. The number of rotatable bonds is 12. The Kier molecular flexibility index (Phi) is 10.6. The Hall–Kier alpha value is -1.66. The van der Waals surface area contributed by atoms with E-state index in [4.69, 9.17) is 60.6 Å². The van der Waals surface area contributed by atoms with Gasteiger partial charge in [-0.05, 0) is 43.5 Å². The third kappa shape index (κ3) is 8.23. The summed E-state index contributed by atoms with van der Waals surface area (Å²) in [5, 5.41) is 3.71. The minimum Gasteiger partial charge on any atom is -0.494 e. The van der Waals surface area contributed by atoms with E-state index in [0.29, 0.717) is 34.8 Å². The first-order valence-corrected chi connectivity index (χ1v) is 10.7. The van der Waals surface area contributed by atoms with E-state index in [1.54, 1.807) is 19.1 Å². The maximum absolute atomic E-state index is 10.6. The maximum Gasteiger partial charge on any atom is 0.156 e. The van der Waals surface area contributed by atoms with Gasteiger partial charge in [-0.3, -0.25) is 0 Å². The molecule has 0 saturated carbocycles. The van der Waals surface area contributed by atoms with Crippen molar-refractivity contribution in [2.24, 2.45) is 5.18 Å². The van der Waals surface area contributed by atoms with E-state index < -0.39 is 0 Å². The lowest BCUT2D eigenvalue weighted by atomic mass is 10.1. The van der Waals surface area contributed by atoms with Gasteiger partial charge in [-0.1, -0.05) is 63.7 Å². The Morgan fingerprint density at radius 1 is 0.967 bits per heavy atom. The molecule has 5 nitrogen and oxygen atoms in total. The molecule has 0 aromatic heterocycles. The molecule has 30 heavy (non-hydrogen) atoms. The summed E-state index contributed by atoms with van der Waals surface area (Å²) in [5.41, 5.74) is 0.857. The fraction of sp³-hybridized carbons (Fsp3) is 0.333. The Morgan fingerprint density at radius 3 is 2.13 bits per heavy atom. The predicted octanol–water partition coefficient (Wildman–Crippen LogP) is 7.76. The van der Waals surface area contributed by atoms with Crippen LogP contribution < -0.4 is 14.2 Å². The van der Waals surface area contributed by atoms with Crippen LogP contribution >= 0.6 is 46.4 Å². The Bertz CT molecular complexity index is 832. The summed E-state index contributed by atoms with van der Waals surface area (Å²) < 4.78 is 17.0. The summed E-state index contributed by atoms with van der Waals surface area (Å²) in [5.74, 6) is 1.64. The number of ether oxygens (including phenoxy) is 3. The predicted molar refractivity (Wildman–Crippen MR) is 123 cm³/mol. The van der Waals surface area contributed by atoms with Gasteiger partial charge in [0.2, 0.25) is 0 Å². The Labute approximate surface area is 195 Å². The molecule has 0 amide bonds. The minimum atomic E-state index is -0.364. The molecule has 0 aliphatic carbocycles. The van der Waals surface area contributed by atoms with Gasteiger partial charge in [0.1, 0.15) is 28.6 Å². The van der Waals surface area contributed by atoms with E-state index in [2.05, 4.69) is 5.18 Å². The van der Waals surface area contributed by atoms with Crippen molar-refractivity contribution in [2.45, 2.75) is 25.8 Å². The summed E-state index contributed by atoms with van der Waals surface area (Å²) >= 11 is 23.5. The van der Waals surface area contributed by atoms with E-state index >= 15 is 0 Å². The molecule has 1 atom stereocenters. The van der Waals surface area contributed by atoms with Crippen LogP contribution in [0.3, 0.4) is 0 Å². The fourth-order valence-corrected chi connectivity index (χ4v) is 3.13. The lowest BCUT2D eigenvalue weighted by molar-refractivity contribution is 0.266. The molecule has 0 aliphatic rings. The third-order valence-electron chi connectivity index (χ3n) is 4.03. The molecule has 162 valence electrons. The van der Waals surface area contributed by atoms with Crippen LogP contribution in [0.5, 0.6) is 17.2 Å². The van der Waals surface area contributed by atoms with Gasteiger partial charge in [0.25, 0.3) is 0 Å². The van der Waals surface area contributed by atoms with Gasteiger partial charge in [0, 0.05) is 12.1 Å². The van der Waals surface area contributed by atoms with Crippen molar-refractivity contribution in [3.8, 4) is 17.2 Å². The number of hydrogen-bond acceptors (Lipinski definition) is 5. The van der Waals surface area contributed by atoms with Crippen LogP contribution in [-0.2, 0) is 0 Å². The van der Waals surface area contributed by atoms with Crippen LogP contribution in [0.4, 0.5) is 0 Å². The molecule has 0 fully saturated rings. The number of hydrogen-bond donors (Lipinski definition) is 0. The Balaban J connectivity index is 1.72. The first-order valence-electron chi connectivity index (χ1n) is 9.21. The molecule has 0 aliphatic heterocycles. The first kappa shape index (κ1) is 24.6. The van der Waals surface area contributed by atoms with Crippen molar-refractivity contribution < 1.29 is 14.2 Å². The zero-order chi connectivity index (χ0) is 21.9. The highest BCUT2D eigenvalue weighted by molar-refractivity contribution is 6.55. The van der Waals surface area contributed by atoms with E-state index in [1.807, 2.05) is 24.3 Å². The van der Waals surface area contributed by atoms with E-state index in [1.165, 1.54) is 6.08 Å². The molecular weight excluding hydrogens is 472 g/mol. The van der Waals surface area contributed by atoms with Crippen LogP contribution in [0.1, 0.15) is 31.4 Å². The molecule has 0 bridgehead atoms. The van der Waals surface area contributed by atoms with E-state index in [-0.39, 0.29) is 17.1 Å². The summed E-state index contributed by atoms with van der Waals surface area (Å²) in [6.07, 6.45) is 3.05. The number of nitroso groups, excluding NO2 is 1. The highest BCUT2D eigenvalue weighted by atomic mass is 35.5. The van der Waals surface area contributed by atoms with Crippen LogP contribution in [0, 0.1) is 4.91 Å². The zero-order valence-corrected chi connectivity index (χ0v) is 19.3. The lowest BCUT2D eigenvalue weighted by Gasteiger charge is -2.12. The second-order valence-corrected chi connectivity index (χ2v) is 8.10. The standard InChI is InChI=1S/C21H21Cl4NO4/c1-14(26-27)15-4-6-16(7-5-15)28-9-2-3-10-30-21-18(22)12-17(13-19(21)23)29-11-8-20(24)25/h4-8,12-14H,2-3,9-11H2,1H3. The van der Waals surface area contributed by atoms with Crippen molar-refractivity contribution in [2.75, 3.05) is 19.8 Å². The molecule has 1 unspecified atom stereocenters. The normalized spacial score (nSPS) is 11.5. The van der Waals surface area contributed by atoms with Crippen molar-refractivity contribution in [1.29, 1.82) is 0 Å². The van der Waals surface area contributed by atoms with Crippen molar-refractivity contribution in [3.63, 3.8) is 0 Å². The number of halogens is 4. The van der Waals surface area contributed by atoms with Crippen LogP contribution in [0.2, 0.25) is 10.0 Å². The molecule has 2 aromatic carbocycles. The molecule has 9 heteroatoms. The smallest absolute Gasteiger partial charge is 0.156 e. The quantitative estimate of drug-likeness (QED) is 0.224. The average Bonchev–Trinajstić information content (AvgIpc) is 2.71. The van der Waals surface area contributed by atoms with Crippen LogP contribution in [0.25, 0.3) is 0 Å². The molecule has 0 saturated heterocycles. The zero-order valence-electron chi connectivity index (χ0n) is 16.2. The first-order chi connectivity index (χ1) is 14.4. The van der Waals surface area contributed by atoms with Gasteiger partial charge in [0.05, 0.1) is 23.3 Å². The molecule has 0 spiro atoms. The maximum atomic E-state index is 10.6. The summed E-state index contributed by atoms with van der Waals surface area (Å²) in [7, 11) is 0. The molecule has 0 heterocycles. The van der Waals surface area contributed by atoms with Gasteiger partial charge in [-0.15, -0.1) is 0 Å². The summed E-state index contributed by atoms with van der Waals surface area (Å²) in [6.45, 7) is 2.92. The molecule has 2 rings (SSSR count). The number of nitrogens with zero attached hydrogens (tertiary/aromatic N) is 1. The van der Waals surface area contributed by atoms with Crippen molar-refractivity contribution in [1.82, 2.24) is 0 Å². The van der Waals surface area contributed by atoms with Gasteiger partial charge in [0.15, 0.2) is 5.75 Å². The largest absolute Gasteiger partial charge is 0.494 e. The second kappa shape index (κ2) is 12.9. The highest BCUT2D eigenvalue weighted by Crippen LogP contribution is 2.37. The topological polar surface area (TPSA) is 57.1 Å². The molecule has 0 radical (unpaired) electrons. The van der Waals surface area contributed by atoms with Gasteiger partial charge >= 0.3 is 0 Å².